The Bertz CT molecular complexity index is 284. The van der Waals surface area contributed by atoms with Crippen LogP contribution in [0.25, 0.3) is 0 Å². The van der Waals surface area contributed by atoms with Gasteiger partial charge in [0.25, 0.3) is 0 Å². The number of hydrogen-bond acceptors (Lipinski definition) is 2. The molecule has 0 heterocycles. The molecule has 0 saturated carbocycles. The highest BCUT2D eigenvalue weighted by molar-refractivity contribution is 9.10. The predicted octanol–water partition coefficient (Wildman–Crippen LogP) is 2.06. The Balaban J connectivity index is 2.50. The van der Waals surface area contributed by atoms with Crippen molar-refractivity contribution in [1.82, 2.24) is 5.32 Å². The Kier molecular flexibility index (Phi) is 4.51. The molecular formula is C10H13BrFNO. The summed E-state index contributed by atoms with van der Waals surface area (Å²) in [5.74, 6) is -0.256. The zero-order chi connectivity index (χ0) is 10.6. The summed E-state index contributed by atoms with van der Waals surface area (Å²) in [6.45, 7) is 2.77. The summed E-state index contributed by atoms with van der Waals surface area (Å²) in [5, 5.41) is 12.0. The molecule has 0 amide bonds. The molecule has 2 nitrogen and oxygen atoms in total. The lowest BCUT2D eigenvalue weighted by Gasteiger charge is -2.07. The van der Waals surface area contributed by atoms with E-state index in [0.29, 0.717) is 13.1 Å². The van der Waals surface area contributed by atoms with Crippen molar-refractivity contribution < 1.29 is 9.50 Å². The molecule has 78 valence electrons. The number of halogens is 2. The number of hydrogen-bond donors (Lipinski definition) is 2. The van der Waals surface area contributed by atoms with E-state index in [0.717, 1.165) is 10.0 Å². The van der Waals surface area contributed by atoms with Crippen LogP contribution in [0.15, 0.2) is 22.7 Å². The smallest absolute Gasteiger partial charge is 0.124 e. The quantitative estimate of drug-likeness (QED) is 0.870. The second-order valence-corrected chi connectivity index (χ2v) is 4.17. The average Bonchev–Trinajstić information content (AvgIpc) is 2.01. The van der Waals surface area contributed by atoms with Gasteiger partial charge in [0.15, 0.2) is 0 Å². The Morgan fingerprint density at radius 1 is 1.50 bits per heavy atom. The van der Waals surface area contributed by atoms with Crippen molar-refractivity contribution in [3.8, 4) is 0 Å². The summed E-state index contributed by atoms with van der Waals surface area (Å²) >= 11 is 3.22. The van der Waals surface area contributed by atoms with Gasteiger partial charge in [0, 0.05) is 17.6 Å². The Labute approximate surface area is 91.3 Å². The highest BCUT2D eigenvalue weighted by atomic mass is 79.9. The van der Waals surface area contributed by atoms with Gasteiger partial charge in [0.05, 0.1) is 6.10 Å². The van der Waals surface area contributed by atoms with Crippen LogP contribution in [0.3, 0.4) is 0 Å². The molecule has 2 N–H and O–H groups in total. The maximum absolute atomic E-state index is 12.9. The first-order valence-electron chi connectivity index (χ1n) is 4.41. The van der Waals surface area contributed by atoms with Crippen LogP contribution < -0.4 is 5.32 Å². The monoisotopic (exact) mass is 261 g/mol. The van der Waals surface area contributed by atoms with E-state index >= 15 is 0 Å². The van der Waals surface area contributed by atoms with Crippen molar-refractivity contribution in [2.24, 2.45) is 0 Å². The van der Waals surface area contributed by atoms with Crippen molar-refractivity contribution in [2.75, 3.05) is 6.54 Å². The summed E-state index contributed by atoms with van der Waals surface area (Å²) < 4.78 is 13.6. The van der Waals surface area contributed by atoms with E-state index in [9.17, 15) is 4.39 Å². The molecule has 0 bridgehead atoms. The molecule has 1 aromatic carbocycles. The minimum Gasteiger partial charge on any atom is -0.392 e. The van der Waals surface area contributed by atoms with Gasteiger partial charge in [-0.05, 0) is 30.7 Å². The first-order valence-corrected chi connectivity index (χ1v) is 5.21. The van der Waals surface area contributed by atoms with Crippen molar-refractivity contribution in [1.29, 1.82) is 0 Å². The van der Waals surface area contributed by atoms with Crippen LogP contribution in [-0.4, -0.2) is 17.8 Å². The second kappa shape index (κ2) is 5.44. The van der Waals surface area contributed by atoms with Crippen molar-refractivity contribution in [2.45, 2.75) is 19.6 Å². The number of nitrogens with one attached hydrogen (secondary N) is 1. The van der Waals surface area contributed by atoms with Gasteiger partial charge < -0.3 is 10.4 Å². The number of aliphatic hydroxyl groups excluding tert-OH is 1. The van der Waals surface area contributed by atoms with Gasteiger partial charge in [-0.25, -0.2) is 4.39 Å². The molecule has 0 aliphatic heterocycles. The van der Waals surface area contributed by atoms with E-state index in [1.54, 1.807) is 6.92 Å². The second-order valence-electron chi connectivity index (χ2n) is 3.26. The molecule has 1 rings (SSSR count). The minimum absolute atomic E-state index is 0.256. The largest absolute Gasteiger partial charge is 0.392 e. The van der Waals surface area contributed by atoms with E-state index < -0.39 is 0 Å². The minimum atomic E-state index is -0.382. The standard InChI is InChI=1S/C10H13BrFNO/c1-7(14)5-13-6-8-2-9(11)4-10(12)3-8/h2-4,7,13-14H,5-6H2,1H3. The third-order valence-corrected chi connectivity index (χ3v) is 2.15. The van der Waals surface area contributed by atoms with Crippen LogP contribution in [0.4, 0.5) is 4.39 Å². The summed E-state index contributed by atoms with van der Waals surface area (Å²) in [5.41, 5.74) is 0.859. The molecule has 4 heteroatoms. The van der Waals surface area contributed by atoms with E-state index in [1.807, 2.05) is 6.07 Å². The summed E-state index contributed by atoms with van der Waals surface area (Å²) in [6.07, 6.45) is -0.382. The van der Waals surface area contributed by atoms with Gasteiger partial charge in [-0.1, -0.05) is 15.9 Å². The molecule has 0 aliphatic carbocycles. The fraction of sp³-hybridized carbons (Fsp3) is 0.400. The molecule has 0 fully saturated rings. The van der Waals surface area contributed by atoms with Crippen LogP contribution >= 0.6 is 15.9 Å². The molecular weight excluding hydrogens is 249 g/mol. The van der Waals surface area contributed by atoms with Gasteiger partial charge in [-0.15, -0.1) is 0 Å². The first kappa shape index (κ1) is 11.6. The molecule has 0 aromatic heterocycles. The van der Waals surface area contributed by atoms with Gasteiger partial charge in [-0.3, -0.25) is 0 Å². The zero-order valence-corrected chi connectivity index (χ0v) is 9.51. The maximum Gasteiger partial charge on any atom is 0.124 e. The van der Waals surface area contributed by atoms with E-state index in [1.165, 1.54) is 12.1 Å². The number of benzene rings is 1. The van der Waals surface area contributed by atoms with E-state index in [4.69, 9.17) is 5.11 Å². The van der Waals surface area contributed by atoms with Gasteiger partial charge in [0.2, 0.25) is 0 Å². The SMILES string of the molecule is CC(O)CNCc1cc(F)cc(Br)c1. The summed E-state index contributed by atoms with van der Waals surface area (Å²) in [6, 6.07) is 4.73. The molecule has 1 aromatic rings. The molecule has 0 aliphatic rings. The van der Waals surface area contributed by atoms with Gasteiger partial charge in [0.1, 0.15) is 5.82 Å². The van der Waals surface area contributed by atoms with Crippen LogP contribution in [-0.2, 0) is 6.54 Å². The average molecular weight is 262 g/mol. The molecule has 1 unspecified atom stereocenters. The van der Waals surface area contributed by atoms with Crippen LogP contribution in [0.2, 0.25) is 0 Å². The predicted molar refractivity (Wildman–Crippen MR) is 57.5 cm³/mol. The zero-order valence-electron chi connectivity index (χ0n) is 7.93. The first-order chi connectivity index (χ1) is 6.58. The van der Waals surface area contributed by atoms with Gasteiger partial charge >= 0.3 is 0 Å². The third-order valence-electron chi connectivity index (χ3n) is 1.69. The maximum atomic E-state index is 12.9. The molecule has 0 spiro atoms. The summed E-state index contributed by atoms with van der Waals surface area (Å²) in [7, 11) is 0. The lowest BCUT2D eigenvalue weighted by molar-refractivity contribution is 0.191. The molecule has 0 saturated heterocycles. The Morgan fingerprint density at radius 2 is 2.21 bits per heavy atom. The third kappa shape index (κ3) is 4.17. The van der Waals surface area contributed by atoms with Crippen LogP contribution in [0, 0.1) is 5.82 Å². The van der Waals surface area contributed by atoms with Crippen molar-refractivity contribution in [3.05, 3.63) is 34.1 Å². The van der Waals surface area contributed by atoms with Crippen molar-refractivity contribution >= 4 is 15.9 Å². The van der Waals surface area contributed by atoms with Crippen LogP contribution in [0.5, 0.6) is 0 Å². The van der Waals surface area contributed by atoms with Crippen molar-refractivity contribution in [3.63, 3.8) is 0 Å². The fourth-order valence-corrected chi connectivity index (χ4v) is 1.65. The molecule has 14 heavy (non-hydrogen) atoms. The number of rotatable bonds is 4. The topological polar surface area (TPSA) is 32.3 Å². The van der Waals surface area contributed by atoms with E-state index in [2.05, 4.69) is 21.2 Å². The lowest BCUT2D eigenvalue weighted by atomic mass is 10.2. The number of aliphatic hydroxyl groups is 1. The molecule has 0 radical (unpaired) electrons. The summed E-state index contributed by atoms with van der Waals surface area (Å²) in [4.78, 5) is 0. The Morgan fingerprint density at radius 3 is 2.79 bits per heavy atom. The molecule has 1 atom stereocenters. The fourth-order valence-electron chi connectivity index (χ4n) is 1.14. The van der Waals surface area contributed by atoms with Crippen LogP contribution in [0.1, 0.15) is 12.5 Å². The van der Waals surface area contributed by atoms with E-state index in [-0.39, 0.29) is 11.9 Å². The van der Waals surface area contributed by atoms with Gasteiger partial charge in [-0.2, -0.15) is 0 Å². The lowest BCUT2D eigenvalue weighted by Crippen LogP contribution is -2.23. The Hall–Kier alpha value is -0.450. The highest BCUT2D eigenvalue weighted by Gasteiger charge is 1.99. The normalized spacial score (nSPS) is 12.9. The highest BCUT2D eigenvalue weighted by Crippen LogP contribution is 2.14.